The van der Waals surface area contributed by atoms with Crippen molar-refractivity contribution in [3.05, 3.63) is 35.4 Å². The van der Waals surface area contributed by atoms with E-state index >= 15 is 0 Å². The van der Waals surface area contributed by atoms with Gasteiger partial charge in [0.2, 0.25) is 0 Å². The van der Waals surface area contributed by atoms with Gasteiger partial charge < -0.3 is 5.73 Å². The Hall–Kier alpha value is -0.380. The first kappa shape index (κ1) is 20.9. The molecule has 1 aromatic carbocycles. The van der Waals surface area contributed by atoms with Crippen LogP contribution in [0.1, 0.15) is 63.0 Å². The van der Waals surface area contributed by atoms with Crippen molar-refractivity contribution in [2.24, 2.45) is 5.73 Å². The van der Waals surface area contributed by atoms with Crippen LogP contribution >= 0.6 is 18.2 Å². The minimum atomic E-state index is -3.40. The zero-order valence-electron chi connectivity index (χ0n) is 15.2. The summed E-state index contributed by atoms with van der Waals surface area (Å²) in [5.74, 6) is 0. The minimum absolute atomic E-state index is 0.171. The number of unbranched alkanes of at least 4 members (excludes halogenated alkanes) is 5. The Morgan fingerprint density at radius 2 is 1.52 bits per heavy atom. The van der Waals surface area contributed by atoms with E-state index in [0.29, 0.717) is 6.42 Å². The summed E-state index contributed by atoms with van der Waals surface area (Å²) < 4.78 is 21.5. The molecular formula is C19H31ClNO3P. The van der Waals surface area contributed by atoms with Crippen molar-refractivity contribution in [1.29, 1.82) is 0 Å². The van der Waals surface area contributed by atoms with Crippen LogP contribution in [-0.2, 0) is 26.5 Å². The third-order valence-electron chi connectivity index (χ3n) is 4.77. The fourth-order valence-electron chi connectivity index (χ4n) is 3.01. The molecule has 2 rings (SSSR count). The van der Waals surface area contributed by atoms with E-state index in [1.165, 1.54) is 49.7 Å². The molecule has 0 aliphatic carbocycles. The quantitative estimate of drug-likeness (QED) is 0.418. The maximum Gasteiger partial charge on any atom is 0.424 e. The van der Waals surface area contributed by atoms with Crippen LogP contribution in [-0.4, -0.2) is 18.8 Å². The summed E-state index contributed by atoms with van der Waals surface area (Å²) in [6.07, 6.45) is 10.7. The second-order valence-electron chi connectivity index (χ2n) is 7.17. The summed E-state index contributed by atoms with van der Waals surface area (Å²) in [7, 11) is 0. The normalized spacial score (nSPS) is 26.7. The van der Waals surface area contributed by atoms with Crippen LogP contribution in [0, 0.1) is 0 Å². The van der Waals surface area contributed by atoms with Gasteiger partial charge in [-0.3, -0.25) is 9.05 Å². The maximum atomic E-state index is 11.5. The lowest BCUT2D eigenvalue weighted by molar-refractivity contribution is 0.0750. The number of halogens is 1. The number of rotatable bonds is 10. The van der Waals surface area contributed by atoms with E-state index in [0.717, 1.165) is 12.8 Å². The summed E-state index contributed by atoms with van der Waals surface area (Å²) in [5.41, 5.74) is 8.26. The second kappa shape index (κ2) is 10.1. The van der Waals surface area contributed by atoms with Crippen LogP contribution in [0.15, 0.2) is 24.3 Å². The molecule has 142 valence electrons. The predicted molar refractivity (Wildman–Crippen MR) is 104 cm³/mol. The monoisotopic (exact) mass is 387 g/mol. The molecule has 1 fully saturated rings. The topological polar surface area (TPSA) is 61.5 Å². The first-order valence-electron chi connectivity index (χ1n) is 9.38. The third-order valence-corrected chi connectivity index (χ3v) is 6.23. The molecule has 0 unspecified atom stereocenters. The molecule has 0 aromatic heterocycles. The van der Waals surface area contributed by atoms with Crippen LogP contribution in [0.5, 0.6) is 0 Å². The van der Waals surface area contributed by atoms with E-state index in [2.05, 4.69) is 31.2 Å². The average molecular weight is 388 g/mol. The fraction of sp³-hybridized carbons (Fsp3) is 0.684. The molecule has 0 radical (unpaired) electrons. The summed E-state index contributed by atoms with van der Waals surface area (Å²) in [5, 5.41) is 0. The van der Waals surface area contributed by atoms with E-state index in [1.54, 1.807) is 0 Å². The highest BCUT2D eigenvalue weighted by atomic mass is 35.7. The van der Waals surface area contributed by atoms with Gasteiger partial charge in [0, 0.05) is 11.2 Å². The van der Waals surface area contributed by atoms with Crippen molar-refractivity contribution in [2.45, 2.75) is 70.3 Å². The standard InChI is InChI=1S/C19H31ClNO3P/c1-2-3-4-5-6-7-8-17-9-11-18(12-10-17)13-14-19(21)15-23-25(20,22)24-16-19/h9-12H,2-8,13-16,21H2,1H3. The number of benzene rings is 1. The van der Waals surface area contributed by atoms with Crippen molar-refractivity contribution < 1.29 is 13.6 Å². The molecule has 0 bridgehead atoms. The highest BCUT2D eigenvalue weighted by Gasteiger charge is 2.38. The van der Waals surface area contributed by atoms with Gasteiger partial charge in [-0.25, -0.2) is 4.57 Å². The second-order valence-corrected chi connectivity index (χ2v) is 9.79. The molecular weight excluding hydrogens is 357 g/mol. The lowest BCUT2D eigenvalue weighted by Gasteiger charge is -2.34. The van der Waals surface area contributed by atoms with Crippen molar-refractivity contribution >= 4 is 18.2 Å². The van der Waals surface area contributed by atoms with Gasteiger partial charge in [0.25, 0.3) is 0 Å². The molecule has 1 heterocycles. The first-order chi connectivity index (χ1) is 11.9. The van der Waals surface area contributed by atoms with Crippen LogP contribution in [0.4, 0.5) is 0 Å². The summed E-state index contributed by atoms with van der Waals surface area (Å²) in [4.78, 5) is 0. The van der Waals surface area contributed by atoms with E-state index in [1.807, 2.05) is 0 Å². The maximum absolute atomic E-state index is 11.5. The average Bonchev–Trinajstić information content (AvgIpc) is 2.60. The molecule has 0 saturated carbocycles. The van der Waals surface area contributed by atoms with Crippen LogP contribution in [0.25, 0.3) is 0 Å². The Balaban J connectivity index is 1.69. The van der Waals surface area contributed by atoms with Gasteiger partial charge in [-0.2, -0.15) is 0 Å². The summed E-state index contributed by atoms with van der Waals surface area (Å²) >= 11 is 5.57. The van der Waals surface area contributed by atoms with Crippen LogP contribution in [0.3, 0.4) is 0 Å². The molecule has 6 heteroatoms. The van der Waals surface area contributed by atoms with E-state index in [4.69, 9.17) is 26.0 Å². The molecule has 0 amide bonds. The summed E-state index contributed by atoms with van der Waals surface area (Å²) in [6.45, 7) is -0.807. The van der Waals surface area contributed by atoms with Crippen molar-refractivity contribution in [3.63, 3.8) is 0 Å². The molecule has 2 N–H and O–H groups in total. The largest absolute Gasteiger partial charge is 0.424 e. The van der Waals surface area contributed by atoms with E-state index < -0.39 is 12.5 Å². The Labute approximate surface area is 156 Å². The minimum Gasteiger partial charge on any atom is -0.321 e. The molecule has 1 saturated heterocycles. The Kier molecular flexibility index (Phi) is 8.44. The van der Waals surface area contributed by atoms with E-state index in [9.17, 15) is 4.57 Å². The Morgan fingerprint density at radius 1 is 1.00 bits per heavy atom. The predicted octanol–water partition coefficient (Wildman–Crippen LogP) is 5.61. The zero-order valence-corrected chi connectivity index (χ0v) is 16.9. The van der Waals surface area contributed by atoms with Gasteiger partial charge in [0.1, 0.15) is 0 Å². The van der Waals surface area contributed by atoms with Gasteiger partial charge >= 0.3 is 6.95 Å². The van der Waals surface area contributed by atoms with Crippen LogP contribution < -0.4 is 5.73 Å². The van der Waals surface area contributed by atoms with E-state index in [-0.39, 0.29) is 13.2 Å². The highest BCUT2D eigenvalue weighted by Crippen LogP contribution is 2.56. The molecule has 1 aliphatic rings. The zero-order chi connectivity index (χ0) is 18.2. The Bertz CT molecular complexity index is 552. The molecule has 0 spiro atoms. The fourth-order valence-corrected chi connectivity index (χ4v) is 4.20. The third kappa shape index (κ3) is 7.80. The molecule has 1 aromatic rings. The van der Waals surface area contributed by atoms with Crippen molar-refractivity contribution in [1.82, 2.24) is 0 Å². The molecule has 1 aliphatic heterocycles. The number of hydrogen-bond acceptors (Lipinski definition) is 4. The molecule has 4 nitrogen and oxygen atoms in total. The SMILES string of the molecule is CCCCCCCCc1ccc(CCC2(N)COP(=O)(Cl)OC2)cc1. The van der Waals surface area contributed by atoms with Gasteiger partial charge in [-0.1, -0.05) is 63.3 Å². The smallest absolute Gasteiger partial charge is 0.321 e. The first-order valence-corrected chi connectivity index (χ1v) is 11.8. The van der Waals surface area contributed by atoms with Crippen molar-refractivity contribution in [2.75, 3.05) is 13.2 Å². The Morgan fingerprint density at radius 3 is 2.12 bits per heavy atom. The van der Waals surface area contributed by atoms with Gasteiger partial charge in [-0.15, -0.1) is 0 Å². The summed E-state index contributed by atoms with van der Waals surface area (Å²) in [6, 6.07) is 8.77. The van der Waals surface area contributed by atoms with Crippen molar-refractivity contribution in [3.8, 4) is 0 Å². The number of hydrogen-bond donors (Lipinski definition) is 1. The molecule has 25 heavy (non-hydrogen) atoms. The lowest BCUT2D eigenvalue weighted by Crippen LogP contribution is -2.50. The van der Waals surface area contributed by atoms with Crippen LogP contribution in [0.2, 0.25) is 0 Å². The van der Waals surface area contributed by atoms with Gasteiger partial charge in [-0.05, 0) is 36.8 Å². The van der Waals surface area contributed by atoms with Gasteiger partial charge in [0.15, 0.2) is 0 Å². The highest BCUT2D eigenvalue weighted by molar-refractivity contribution is 7.81. The molecule has 0 atom stereocenters. The lowest BCUT2D eigenvalue weighted by atomic mass is 9.93. The number of aryl methyl sites for hydroxylation is 2. The number of nitrogens with two attached hydrogens (primary N) is 1. The van der Waals surface area contributed by atoms with Gasteiger partial charge in [0.05, 0.1) is 18.8 Å².